The van der Waals surface area contributed by atoms with E-state index in [-0.39, 0.29) is 18.3 Å². The highest BCUT2D eigenvalue weighted by atomic mass is 19.1. The number of hydrogen-bond donors (Lipinski definition) is 2. The third kappa shape index (κ3) is 3.41. The fourth-order valence-electron chi connectivity index (χ4n) is 2.22. The molecule has 4 heteroatoms. The van der Waals surface area contributed by atoms with Gasteiger partial charge in [0.25, 0.3) is 0 Å². The summed E-state index contributed by atoms with van der Waals surface area (Å²) in [5.41, 5.74) is 1.46. The van der Waals surface area contributed by atoms with Gasteiger partial charge in [0.1, 0.15) is 5.82 Å². The van der Waals surface area contributed by atoms with Crippen molar-refractivity contribution in [3.63, 3.8) is 0 Å². The summed E-state index contributed by atoms with van der Waals surface area (Å²) in [7, 11) is 0. The van der Waals surface area contributed by atoms with Crippen LogP contribution in [-0.2, 0) is 4.79 Å². The van der Waals surface area contributed by atoms with Gasteiger partial charge in [0.2, 0.25) is 5.91 Å². The summed E-state index contributed by atoms with van der Waals surface area (Å²) in [6.45, 7) is 0.123. The first-order valence-corrected chi connectivity index (χ1v) is 6.99. The Bertz CT molecular complexity index is 800. The Morgan fingerprint density at radius 2 is 1.55 bits per heavy atom. The molecule has 0 spiro atoms. The molecule has 0 saturated heterocycles. The normalized spacial score (nSPS) is 10.4. The maximum Gasteiger partial charge on any atom is 0.243 e. The average Bonchev–Trinajstić information content (AvgIpc) is 2.54. The SMILES string of the molecule is O=C(CNc1ccc(F)cc1)Nc1ccc2ccccc2c1. The minimum atomic E-state index is -0.300. The van der Waals surface area contributed by atoms with E-state index in [4.69, 9.17) is 0 Å². The zero-order valence-electron chi connectivity index (χ0n) is 11.8. The number of carbonyl (C=O) groups excluding carboxylic acids is 1. The lowest BCUT2D eigenvalue weighted by Crippen LogP contribution is -2.21. The summed E-state index contributed by atoms with van der Waals surface area (Å²) in [5, 5.41) is 8.00. The number of halogens is 1. The largest absolute Gasteiger partial charge is 0.376 e. The van der Waals surface area contributed by atoms with E-state index in [1.165, 1.54) is 12.1 Å². The van der Waals surface area contributed by atoms with Gasteiger partial charge in [0, 0.05) is 11.4 Å². The molecule has 0 aliphatic rings. The summed E-state index contributed by atoms with van der Waals surface area (Å²) in [5.74, 6) is -0.453. The van der Waals surface area contributed by atoms with Crippen LogP contribution < -0.4 is 10.6 Å². The standard InChI is InChI=1S/C18H15FN2O/c19-15-6-9-16(10-7-15)20-12-18(22)21-17-8-5-13-3-1-2-4-14(13)11-17/h1-11,20H,12H2,(H,21,22). The maximum atomic E-state index is 12.8. The lowest BCUT2D eigenvalue weighted by atomic mass is 10.1. The number of benzene rings is 3. The maximum absolute atomic E-state index is 12.8. The Hall–Kier alpha value is -2.88. The highest BCUT2D eigenvalue weighted by Crippen LogP contribution is 2.18. The number of rotatable bonds is 4. The van der Waals surface area contributed by atoms with E-state index in [1.807, 2.05) is 42.5 Å². The smallest absolute Gasteiger partial charge is 0.243 e. The Morgan fingerprint density at radius 1 is 0.864 bits per heavy atom. The molecule has 0 aromatic heterocycles. The van der Waals surface area contributed by atoms with Crippen LogP contribution in [0, 0.1) is 5.82 Å². The van der Waals surface area contributed by atoms with E-state index < -0.39 is 0 Å². The van der Waals surface area contributed by atoms with Crippen molar-refractivity contribution in [3.05, 3.63) is 72.5 Å². The lowest BCUT2D eigenvalue weighted by molar-refractivity contribution is -0.114. The minimum Gasteiger partial charge on any atom is -0.376 e. The number of carbonyl (C=O) groups is 1. The van der Waals surface area contributed by atoms with Gasteiger partial charge in [0.15, 0.2) is 0 Å². The van der Waals surface area contributed by atoms with Crippen molar-refractivity contribution in [3.8, 4) is 0 Å². The number of anilines is 2. The topological polar surface area (TPSA) is 41.1 Å². The van der Waals surface area contributed by atoms with Crippen molar-refractivity contribution in [1.29, 1.82) is 0 Å². The first kappa shape index (κ1) is 14.1. The summed E-state index contributed by atoms with van der Waals surface area (Å²) in [6.07, 6.45) is 0. The fraction of sp³-hybridized carbons (Fsp3) is 0.0556. The Balaban J connectivity index is 1.61. The first-order chi connectivity index (χ1) is 10.7. The van der Waals surface area contributed by atoms with Crippen LogP contribution in [-0.4, -0.2) is 12.5 Å². The van der Waals surface area contributed by atoms with Crippen LogP contribution in [0.4, 0.5) is 15.8 Å². The summed E-state index contributed by atoms with van der Waals surface area (Å²) in [4.78, 5) is 11.9. The molecule has 3 nitrogen and oxygen atoms in total. The van der Waals surface area contributed by atoms with Gasteiger partial charge in [-0.3, -0.25) is 4.79 Å². The van der Waals surface area contributed by atoms with E-state index in [9.17, 15) is 9.18 Å². The first-order valence-electron chi connectivity index (χ1n) is 6.99. The molecule has 0 fully saturated rings. The Labute approximate surface area is 127 Å². The average molecular weight is 294 g/mol. The molecule has 1 amide bonds. The Morgan fingerprint density at radius 3 is 2.32 bits per heavy atom. The molecule has 0 saturated carbocycles. The molecule has 22 heavy (non-hydrogen) atoms. The molecule has 110 valence electrons. The number of hydrogen-bond acceptors (Lipinski definition) is 2. The van der Waals surface area contributed by atoms with Gasteiger partial charge in [-0.25, -0.2) is 4.39 Å². The quantitative estimate of drug-likeness (QED) is 0.762. The molecular weight excluding hydrogens is 279 g/mol. The van der Waals surface area contributed by atoms with Gasteiger partial charge in [-0.1, -0.05) is 30.3 Å². The van der Waals surface area contributed by atoms with Crippen molar-refractivity contribution >= 4 is 28.1 Å². The van der Waals surface area contributed by atoms with Gasteiger partial charge < -0.3 is 10.6 Å². The minimum absolute atomic E-state index is 0.123. The molecule has 2 N–H and O–H groups in total. The third-order valence-corrected chi connectivity index (χ3v) is 3.33. The second-order valence-corrected chi connectivity index (χ2v) is 4.97. The molecule has 0 bridgehead atoms. The molecule has 0 atom stereocenters. The van der Waals surface area contributed by atoms with Crippen molar-refractivity contribution < 1.29 is 9.18 Å². The van der Waals surface area contributed by atoms with Crippen LogP contribution >= 0.6 is 0 Å². The molecule has 0 unspecified atom stereocenters. The van der Waals surface area contributed by atoms with Crippen LogP contribution in [0.1, 0.15) is 0 Å². The van der Waals surface area contributed by atoms with Gasteiger partial charge in [-0.05, 0) is 47.2 Å². The van der Waals surface area contributed by atoms with Gasteiger partial charge in [-0.2, -0.15) is 0 Å². The molecule has 3 aromatic rings. The molecule has 3 aromatic carbocycles. The van der Waals surface area contributed by atoms with Crippen LogP contribution in [0.15, 0.2) is 66.7 Å². The number of amides is 1. The van der Waals surface area contributed by atoms with E-state index in [2.05, 4.69) is 10.6 Å². The van der Waals surface area contributed by atoms with Crippen LogP contribution in [0.2, 0.25) is 0 Å². The predicted molar refractivity (Wildman–Crippen MR) is 87.5 cm³/mol. The predicted octanol–water partition coefficient (Wildman–Crippen LogP) is 4.03. The van der Waals surface area contributed by atoms with Crippen LogP contribution in [0.25, 0.3) is 10.8 Å². The highest BCUT2D eigenvalue weighted by molar-refractivity contribution is 5.96. The van der Waals surface area contributed by atoms with Crippen molar-refractivity contribution in [2.45, 2.75) is 0 Å². The zero-order valence-corrected chi connectivity index (χ0v) is 11.8. The number of fused-ring (bicyclic) bond motifs is 1. The Kier molecular flexibility index (Phi) is 4.01. The van der Waals surface area contributed by atoms with Gasteiger partial charge >= 0.3 is 0 Å². The van der Waals surface area contributed by atoms with Gasteiger partial charge in [-0.15, -0.1) is 0 Å². The lowest BCUT2D eigenvalue weighted by Gasteiger charge is -2.08. The van der Waals surface area contributed by atoms with E-state index >= 15 is 0 Å². The van der Waals surface area contributed by atoms with Crippen LogP contribution in [0.3, 0.4) is 0 Å². The third-order valence-electron chi connectivity index (χ3n) is 3.33. The molecular formula is C18H15FN2O. The molecule has 0 heterocycles. The fourth-order valence-corrected chi connectivity index (χ4v) is 2.22. The molecule has 0 aliphatic heterocycles. The zero-order chi connectivity index (χ0) is 15.4. The molecule has 0 aliphatic carbocycles. The summed E-state index contributed by atoms with van der Waals surface area (Å²) in [6, 6.07) is 19.6. The van der Waals surface area contributed by atoms with Crippen LogP contribution in [0.5, 0.6) is 0 Å². The van der Waals surface area contributed by atoms with E-state index in [0.29, 0.717) is 5.69 Å². The van der Waals surface area contributed by atoms with E-state index in [1.54, 1.807) is 12.1 Å². The molecule has 0 radical (unpaired) electrons. The van der Waals surface area contributed by atoms with Crippen molar-refractivity contribution in [1.82, 2.24) is 0 Å². The van der Waals surface area contributed by atoms with E-state index in [0.717, 1.165) is 16.5 Å². The monoisotopic (exact) mass is 294 g/mol. The summed E-state index contributed by atoms with van der Waals surface area (Å²) >= 11 is 0. The summed E-state index contributed by atoms with van der Waals surface area (Å²) < 4.78 is 12.8. The van der Waals surface area contributed by atoms with Crippen molar-refractivity contribution in [2.75, 3.05) is 17.2 Å². The second kappa shape index (κ2) is 6.26. The second-order valence-electron chi connectivity index (χ2n) is 4.97. The highest BCUT2D eigenvalue weighted by Gasteiger charge is 2.03. The molecule has 3 rings (SSSR count). The number of nitrogens with one attached hydrogen (secondary N) is 2. The van der Waals surface area contributed by atoms with Gasteiger partial charge in [0.05, 0.1) is 6.54 Å². The van der Waals surface area contributed by atoms with Crippen molar-refractivity contribution in [2.24, 2.45) is 0 Å².